The molecule has 0 aromatic heterocycles. The number of hydrogen-bond donors (Lipinski definition) is 0. The van der Waals surface area contributed by atoms with E-state index in [0.717, 1.165) is 6.04 Å². The van der Waals surface area contributed by atoms with Crippen molar-refractivity contribution in [3.63, 3.8) is 0 Å². The molecule has 0 fully saturated rings. The Labute approximate surface area is 87.2 Å². The zero-order chi connectivity index (χ0) is 11.2. The lowest BCUT2D eigenvalue weighted by atomic mass is 10.4. The summed E-state index contributed by atoms with van der Waals surface area (Å²) in [4.78, 5) is 11.2. The van der Waals surface area contributed by atoms with Gasteiger partial charge >= 0.3 is 5.97 Å². The lowest BCUT2D eigenvalue weighted by molar-refractivity contribution is -0.137. The van der Waals surface area contributed by atoms with E-state index >= 15 is 0 Å². The second-order valence-corrected chi connectivity index (χ2v) is 7.78. The number of carbonyl (C=O) groups is 1. The minimum atomic E-state index is -1.82. The Morgan fingerprint density at radius 1 is 1.43 bits per heavy atom. The van der Waals surface area contributed by atoms with E-state index in [-0.39, 0.29) is 5.97 Å². The predicted molar refractivity (Wildman–Crippen MR) is 59.5 cm³/mol. The Hall–Kier alpha value is -0.613. The highest BCUT2D eigenvalue weighted by atomic mass is 28.4. The van der Waals surface area contributed by atoms with Gasteiger partial charge in [-0.05, 0) is 26.4 Å². The van der Waals surface area contributed by atoms with Crippen molar-refractivity contribution in [3.05, 3.63) is 12.2 Å². The highest BCUT2D eigenvalue weighted by Gasteiger charge is 2.28. The molecule has 0 radical (unpaired) electrons. The molecule has 0 rings (SSSR count). The summed E-state index contributed by atoms with van der Waals surface area (Å²) in [6.07, 6.45) is 0.420. The first kappa shape index (κ1) is 13.4. The molecule has 3 nitrogen and oxygen atoms in total. The van der Waals surface area contributed by atoms with Crippen molar-refractivity contribution in [3.8, 4) is 0 Å². The summed E-state index contributed by atoms with van der Waals surface area (Å²) in [5, 5.41) is 0. The van der Waals surface area contributed by atoms with Crippen LogP contribution in [0.3, 0.4) is 0 Å². The number of ether oxygens (including phenoxy) is 1. The second kappa shape index (κ2) is 5.98. The molecule has 82 valence electrons. The molecule has 1 unspecified atom stereocenters. The first-order chi connectivity index (χ1) is 6.45. The van der Waals surface area contributed by atoms with Crippen LogP contribution in [0.5, 0.6) is 0 Å². The third kappa shape index (κ3) is 4.57. The van der Waals surface area contributed by atoms with Crippen LogP contribution in [0, 0.1) is 0 Å². The van der Waals surface area contributed by atoms with Gasteiger partial charge in [-0.2, -0.15) is 0 Å². The topological polar surface area (TPSA) is 35.5 Å². The van der Waals surface area contributed by atoms with Crippen LogP contribution in [0.15, 0.2) is 12.2 Å². The quantitative estimate of drug-likeness (QED) is 0.388. The van der Waals surface area contributed by atoms with Crippen LogP contribution < -0.4 is 0 Å². The SMILES string of the molecule is C=C(C)C(=O)OC[Si](C)(CC)OCC. The summed E-state index contributed by atoms with van der Waals surface area (Å²) in [5.41, 5.74) is 0.439. The smallest absolute Gasteiger partial charge is 0.332 e. The largest absolute Gasteiger partial charge is 0.463 e. The van der Waals surface area contributed by atoms with Crippen LogP contribution in [0.4, 0.5) is 0 Å². The Morgan fingerprint density at radius 2 is 2.00 bits per heavy atom. The maximum absolute atomic E-state index is 11.2. The molecule has 14 heavy (non-hydrogen) atoms. The Balaban J connectivity index is 4.07. The maximum atomic E-state index is 11.2. The van der Waals surface area contributed by atoms with Gasteiger partial charge in [-0.15, -0.1) is 0 Å². The normalized spacial score (nSPS) is 14.6. The molecule has 0 aliphatic carbocycles. The van der Waals surface area contributed by atoms with E-state index < -0.39 is 8.32 Å². The molecule has 1 atom stereocenters. The van der Waals surface area contributed by atoms with Crippen molar-refractivity contribution in [2.45, 2.75) is 33.4 Å². The van der Waals surface area contributed by atoms with E-state index in [0.29, 0.717) is 18.4 Å². The highest BCUT2D eigenvalue weighted by Crippen LogP contribution is 2.12. The first-order valence-electron chi connectivity index (χ1n) is 4.91. The zero-order valence-electron chi connectivity index (χ0n) is 9.55. The van der Waals surface area contributed by atoms with Crippen LogP contribution in [0.2, 0.25) is 12.6 Å². The van der Waals surface area contributed by atoms with Crippen LogP contribution in [0.1, 0.15) is 20.8 Å². The van der Waals surface area contributed by atoms with Gasteiger partial charge in [0.2, 0.25) is 8.32 Å². The van der Waals surface area contributed by atoms with Gasteiger partial charge in [0.15, 0.2) is 0 Å². The number of rotatable bonds is 6. The molecule has 0 aromatic rings. The number of hydrogen-bond acceptors (Lipinski definition) is 3. The van der Waals surface area contributed by atoms with Gasteiger partial charge in [0.05, 0.1) is 0 Å². The van der Waals surface area contributed by atoms with Crippen molar-refractivity contribution < 1.29 is 14.0 Å². The molecule has 0 aliphatic rings. The summed E-state index contributed by atoms with van der Waals surface area (Å²) >= 11 is 0. The molecule has 0 aromatic carbocycles. The predicted octanol–water partition coefficient (Wildman–Crippen LogP) is 2.28. The standard InChI is InChI=1S/C10H20O3Si/c1-6-13-14(5,7-2)8-12-10(11)9(3)4/h3,6-8H2,1-2,4-5H3. The molecule has 0 spiro atoms. The van der Waals surface area contributed by atoms with Gasteiger partial charge in [0, 0.05) is 12.2 Å². The van der Waals surface area contributed by atoms with E-state index in [2.05, 4.69) is 20.0 Å². The summed E-state index contributed by atoms with van der Waals surface area (Å²) in [5.74, 6) is -0.322. The molecule has 0 N–H and O–H groups in total. The van der Waals surface area contributed by atoms with Crippen molar-refractivity contribution >= 4 is 14.3 Å². The molecule has 4 heteroatoms. The minimum Gasteiger partial charge on any atom is -0.463 e. The molecular formula is C10H20O3Si. The van der Waals surface area contributed by atoms with Crippen LogP contribution in [-0.2, 0) is 14.0 Å². The zero-order valence-corrected chi connectivity index (χ0v) is 10.6. The van der Waals surface area contributed by atoms with Crippen molar-refractivity contribution in [2.24, 2.45) is 0 Å². The third-order valence-corrected chi connectivity index (χ3v) is 5.33. The van der Waals surface area contributed by atoms with Gasteiger partial charge in [-0.1, -0.05) is 13.5 Å². The number of carbonyl (C=O) groups excluding carboxylic acids is 1. The van der Waals surface area contributed by atoms with Gasteiger partial charge < -0.3 is 9.16 Å². The van der Waals surface area contributed by atoms with Crippen molar-refractivity contribution in [1.82, 2.24) is 0 Å². The number of esters is 1. The van der Waals surface area contributed by atoms with Gasteiger partial charge in [0.25, 0.3) is 0 Å². The van der Waals surface area contributed by atoms with E-state index in [1.54, 1.807) is 6.92 Å². The fourth-order valence-electron chi connectivity index (χ4n) is 0.936. The van der Waals surface area contributed by atoms with Crippen LogP contribution >= 0.6 is 0 Å². The average Bonchev–Trinajstić information content (AvgIpc) is 2.14. The highest BCUT2D eigenvalue weighted by molar-refractivity contribution is 6.72. The van der Waals surface area contributed by atoms with E-state index in [4.69, 9.17) is 9.16 Å². The Bertz CT molecular complexity index is 215. The fourth-order valence-corrected chi connectivity index (χ4v) is 2.56. The molecule has 0 saturated carbocycles. The van der Waals surface area contributed by atoms with Gasteiger partial charge in [-0.3, -0.25) is 0 Å². The molecule has 0 heterocycles. The van der Waals surface area contributed by atoms with E-state index in [1.807, 2.05) is 6.92 Å². The van der Waals surface area contributed by atoms with Crippen LogP contribution in [-0.4, -0.2) is 27.1 Å². The van der Waals surface area contributed by atoms with Gasteiger partial charge in [-0.25, -0.2) is 4.79 Å². The Kier molecular flexibility index (Phi) is 5.72. The van der Waals surface area contributed by atoms with Gasteiger partial charge in [0.1, 0.15) is 6.23 Å². The summed E-state index contributed by atoms with van der Waals surface area (Å²) in [6, 6.07) is 0.949. The summed E-state index contributed by atoms with van der Waals surface area (Å²) in [7, 11) is -1.82. The lowest BCUT2D eigenvalue weighted by Crippen LogP contribution is -2.40. The molecule has 0 bridgehead atoms. The molecule has 0 aliphatic heterocycles. The van der Waals surface area contributed by atoms with Crippen LogP contribution in [0.25, 0.3) is 0 Å². The minimum absolute atomic E-state index is 0.322. The Morgan fingerprint density at radius 3 is 2.36 bits per heavy atom. The van der Waals surface area contributed by atoms with E-state index in [9.17, 15) is 4.79 Å². The van der Waals surface area contributed by atoms with Crippen molar-refractivity contribution in [1.29, 1.82) is 0 Å². The van der Waals surface area contributed by atoms with E-state index in [1.165, 1.54) is 0 Å². The first-order valence-corrected chi connectivity index (χ1v) is 7.74. The summed E-state index contributed by atoms with van der Waals surface area (Å²) in [6.45, 7) is 12.0. The maximum Gasteiger partial charge on any atom is 0.332 e. The second-order valence-electron chi connectivity index (χ2n) is 3.59. The van der Waals surface area contributed by atoms with Crippen molar-refractivity contribution in [2.75, 3.05) is 12.8 Å². The molecular weight excluding hydrogens is 196 g/mol. The lowest BCUT2D eigenvalue weighted by Gasteiger charge is -2.24. The average molecular weight is 216 g/mol. The fraction of sp³-hybridized carbons (Fsp3) is 0.700. The monoisotopic (exact) mass is 216 g/mol. The molecule has 0 amide bonds. The third-order valence-electron chi connectivity index (χ3n) is 2.10. The summed E-state index contributed by atoms with van der Waals surface area (Å²) < 4.78 is 10.8. The molecule has 0 saturated heterocycles.